The number of fused-ring (bicyclic) bond motifs is 1. The third kappa shape index (κ3) is 3.19. The minimum atomic E-state index is -0.398. The second-order valence-electron chi connectivity index (χ2n) is 6.44. The number of para-hydroxylation sites is 1. The van der Waals surface area contributed by atoms with Gasteiger partial charge in [-0.15, -0.1) is 11.3 Å². The SMILES string of the molecule is O=C(NC[C@@H](c1cccs1)N1CCCC1)[C@@H]1Cc2ccccc2O1. The van der Waals surface area contributed by atoms with Gasteiger partial charge in [0.25, 0.3) is 5.91 Å². The Morgan fingerprint density at radius 1 is 1.25 bits per heavy atom. The van der Waals surface area contributed by atoms with Gasteiger partial charge in [0.05, 0.1) is 6.04 Å². The van der Waals surface area contributed by atoms with Gasteiger partial charge < -0.3 is 10.1 Å². The average Bonchev–Trinajstić information content (AvgIpc) is 3.35. The molecule has 0 spiro atoms. The second-order valence-corrected chi connectivity index (χ2v) is 7.42. The van der Waals surface area contributed by atoms with Crippen molar-refractivity contribution in [2.45, 2.75) is 31.4 Å². The number of thiophene rings is 1. The summed E-state index contributed by atoms with van der Waals surface area (Å²) in [6.07, 6.45) is 2.76. The van der Waals surface area contributed by atoms with E-state index in [1.807, 2.05) is 24.3 Å². The quantitative estimate of drug-likeness (QED) is 0.908. The van der Waals surface area contributed by atoms with E-state index < -0.39 is 6.10 Å². The van der Waals surface area contributed by atoms with E-state index in [9.17, 15) is 4.79 Å². The van der Waals surface area contributed by atoms with Crippen molar-refractivity contribution in [2.75, 3.05) is 19.6 Å². The molecule has 126 valence electrons. The zero-order valence-corrected chi connectivity index (χ0v) is 14.4. The van der Waals surface area contributed by atoms with Gasteiger partial charge in [0.2, 0.25) is 0 Å². The molecule has 1 aromatic carbocycles. The van der Waals surface area contributed by atoms with E-state index in [-0.39, 0.29) is 11.9 Å². The lowest BCUT2D eigenvalue weighted by molar-refractivity contribution is -0.127. The molecule has 1 N–H and O–H groups in total. The Morgan fingerprint density at radius 2 is 2.08 bits per heavy atom. The third-order valence-electron chi connectivity index (χ3n) is 4.86. The summed E-state index contributed by atoms with van der Waals surface area (Å²) in [5.41, 5.74) is 1.12. The number of hydrogen-bond donors (Lipinski definition) is 1. The van der Waals surface area contributed by atoms with Crippen LogP contribution in [0.1, 0.15) is 29.3 Å². The molecule has 2 aliphatic rings. The molecule has 2 aliphatic heterocycles. The topological polar surface area (TPSA) is 41.6 Å². The fourth-order valence-electron chi connectivity index (χ4n) is 3.58. The maximum atomic E-state index is 12.6. The second kappa shape index (κ2) is 6.95. The van der Waals surface area contributed by atoms with Crippen molar-refractivity contribution >= 4 is 17.2 Å². The van der Waals surface area contributed by atoms with Crippen molar-refractivity contribution < 1.29 is 9.53 Å². The highest BCUT2D eigenvalue weighted by molar-refractivity contribution is 7.10. The van der Waals surface area contributed by atoms with Gasteiger partial charge in [-0.25, -0.2) is 0 Å². The van der Waals surface area contributed by atoms with Gasteiger partial charge in [0.15, 0.2) is 6.10 Å². The molecule has 2 atom stereocenters. The van der Waals surface area contributed by atoms with E-state index >= 15 is 0 Å². The molecule has 1 amide bonds. The summed E-state index contributed by atoms with van der Waals surface area (Å²) in [5, 5.41) is 5.23. The van der Waals surface area contributed by atoms with Crippen LogP contribution in [0.3, 0.4) is 0 Å². The van der Waals surface area contributed by atoms with E-state index in [1.165, 1.54) is 17.7 Å². The van der Waals surface area contributed by atoms with E-state index in [2.05, 4.69) is 27.7 Å². The van der Waals surface area contributed by atoms with Crippen molar-refractivity contribution in [3.8, 4) is 5.75 Å². The molecule has 4 rings (SSSR count). The highest BCUT2D eigenvalue weighted by Crippen LogP contribution is 2.30. The van der Waals surface area contributed by atoms with E-state index in [0.29, 0.717) is 13.0 Å². The molecule has 0 bridgehead atoms. The maximum Gasteiger partial charge on any atom is 0.261 e. The van der Waals surface area contributed by atoms with E-state index in [1.54, 1.807) is 11.3 Å². The summed E-state index contributed by atoms with van der Waals surface area (Å²) >= 11 is 1.77. The van der Waals surface area contributed by atoms with Crippen LogP contribution in [0.2, 0.25) is 0 Å². The highest BCUT2D eigenvalue weighted by atomic mass is 32.1. The number of ether oxygens (including phenoxy) is 1. The lowest BCUT2D eigenvalue weighted by atomic mass is 10.1. The summed E-state index contributed by atoms with van der Waals surface area (Å²) in [5.74, 6) is 0.832. The van der Waals surface area contributed by atoms with Crippen LogP contribution in [0.25, 0.3) is 0 Å². The number of amides is 1. The summed E-state index contributed by atoms with van der Waals surface area (Å²) in [7, 11) is 0. The summed E-state index contributed by atoms with van der Waals surface area (Å²) in [4.78, 5) is 16.4. The fourth-order valence-corrected chi connectivity index (χ4v) is 4.44. The fraction of sp³-hybridized carbons (Fsp3) is 0.421. The molecule has 1 aromatic heterocycles. The van der Waals surface area contributed by atoms with Crippen LogP contribution in [0.5, 0.6) is 5.75 Å². The Balaban J connectivity index is 1.39. The molecule has 2 aromatic rings. The zero-order valence-electron chi connectivity index (χ0n) is 13.6. The van der Waals surface area contributed by atoms with Gasteiger partial charge in [-0.1, -0.05) is 24.3 Å². The molecular formula is C19H22N2O2S. The number of carbonyl (C=O) groups is 1. The number of carbonyl (C=O) groups excluding carboxylic acids is 1. The molecule has 1 fully saturated rings. The molecule has 0 radical (unpaired) electrons. The molecule has 0 saturated carbocycles. The van der Waals surface area contributed by atoms with Crippen molar-refractivity contribution in [2.24, 2.45) is 0 Å². The Labute approximate surface area is 146 Å². The van der Waals surface area contributed by atoms with Crippen LogP contribution < -0.4 is 10.1 Å². The first-order valence-electron chi connectivity index (χ1n) is 8.61. The molecule has 5 heteroatoms. The molecule has 0 aliphatic carbocycles. The molecule has 4 nitrogen and oxygen atoms in total. The van der Waals surface area contributed by atoms with E-state index in [0.717, 1.165) is 24.4 Å². The number of likely N-dealkylation sites (tertiary alicyclic amines) is 1. The maximum absolute atomic E-state index is 12.6. The summed E-state index contributed by atoms with van der Waals surface area (Å²) in [6.45, 7) is 2.88. The van der Waals surface area contributed by atoms with Crippen LogP contribution in [0, 0.1) is 0 Å². The van der Waals surface area contributed by atoms with Crippen molar-refractivity contribution in [1.82, 2.24) is 10.2 Å². The minimum absolute atomic E-state index is 0.00745. The largest absolute Gasteiger partial charge is 0.480 e. The van der Waals surface area contributed by atoms with Crippen LogP contribution in [-0.4, -0.2) is 36.5 Å². The predicted octanol–water partition coefficient (Wildman–Crippen LogP) is 3.00. The molecule has 24 heavy (non-hydrogen) atoms. The van der Waals surface area contributed by atoms with Gasteiger partial charge in [0.1, 0.15) is 5.75 Å². The van der Waals surface area contributed by atoms with Gasteiger partial charge in [-0.3, -0.25) is 9.69 Å². The van der Waals surface area contributed by atoms with Crippen LogP contribution in [0.4, 0.5) is 0 Å². The van der Waals surface area contributed by atoms with Crippen LogP contribution in [-0.2, 0) is 11.2 Å². The van der Waals surface area contributed by atoms with Gasteiger partial charge in [-0.2, -0.15) is 0 Å². The normalized spacial score (nSPS) is 21.2. The van der Waals surface area contributed by atoms with E-state index in [4.69, 9.17) is 4.74 Å². The lowest BCUT2D eigenvalue weighted by Gasteiger charge is -2.27. The first-order valence-corrected chi connectivity index (χ1v) is 9.49. The highest BCUT2D eigenvalue weighted by Gasteiger charge is 2.30. The monoisotopic (exact) mass is 342 g/mol. The molecule has 3 heterocycles. The molecule has 1 saturated heterocycles. The van der Waals surface area contributed by atoms with Gasteiger partial charge in [-0.05, 0) is 49.0 Å². The summed E-state index contributed by atoms with van der Waals surface area (Å²) < 4.78 is 5.79. The number of nitrogens with one attached hydrogen (secondary N) is 1. The predicted molar refractivity (Wildman–Crippen MR) is 95.4 cm³/mol. The van der Waals surface area contributed by atoms with Crippen molar-refractivity contribution in [1.29, 1.82) is 0 Å². The lowest BCUT2D eigenvalue weighted by Crippen LogP contribution is -2.42. The first kappa shape index (κ1) is 15.7. The van der Waals surface area contributed by atoms with Crippen molar-refractivity contribution in [3.05, 3.63) is 52.2 Å². The average molecular weight is 342 g/mol. The minimum Gasteiger partial charge on any atom is -0.480 e. The van der Waals surface area contributed by atoms with Gasteiger partial charge >= 0.3 is 0 Å². The smallest absolute Gasteiger partial charge is 0.261 e. The first-order chi connectivity index (χ1) is 11.8. The van der Waals surface area contributed by atoms with Crippen LogP contribution in [0.15, 0.2) is 41.8 Å². The van der Waals surface area contributed by atoms with Crippen LogP contribution >= 0.6 is 11.3 Å². The number of nitrogens with zero attached hydrogens (tertiary/aromatic N) is 1. The number of rotatable bonds is 5. The Bertz CT molecular complexity index is 670. The Morgan fingerprint density at radius 3 is 2.83 bits per heavy atom. The molecular weight excluding hydrogens is 320 g/mol. The van der Waals surface area contributed by atoms with Crippen molar-refractivity contribution in [3.63, 3.8) is 0 Å². The Hall–Kier alpha value is -1.85. The van der Waals surface area contributed by atoms with Gasteiger partial charge in [0, 0.05) is 17.8 Å². The molecule has 0 unspecified atom stereocenters. The third-order valence-corrected chi connectivity index (χ3v) is 5.84. The number of hydrogen-bond acceptors (Lipinski definition) is 4. The standard InChI is InChI=1S/C19H22N2O2S/c22-19(17-12-14-6-1-2-7-16(14)23-17)20-13-15(18-8-5-11-24-18)21-9-3-4-10-21/h1-2,5-8,11,15,17H,3-4,9-10,12-13H2,(H,20,22)/t15-,17-/m0/s1. The zero-order chi connectivity index (χ0) is 16.4. The summed E-state index contributed by atoms with van der Waals surface area (Å²) in [6, 6.07) is 12.4. The Kier molecular flexibility index (Phi) is 4.54. The number of benzene rings is 1.